The summed E-state index contributed by atoms with van der Waals surface area (Å²) in [7, 11) is 0. The number of amides is 1. The minimum atomic E-state index is -0.0273. The van der Waals surface area contributed by atoms with Crippen molar-refractivity contribution in [2.24, 2.45) is 0 Å². The third kappa shape index (κ3) is 4.03. The van der Waals surface area contributed by atoms with E-state index in [-0.39, 0.29) is 18.6 Å². The largest absolute Gasteiger partial charge is 0.486 e. The molecule has 1 fully saturated rings. The third-order valence-electron chi connectivity index (χ3n) is 4.74. The van der Waals surface area contributed by atoms with Crippen LogP contribution < -0.4 is 9.47 Å². The molecule has 1 amide bonds. The normalized spacial score (nSPS) is 16.5. The van der Waals surface area contributed by atoms with E-state index >= 15 is 0 Å². The summed E-state index contributed by atoms with van der Waals surface area (Å²) in [5, 5.41) is 1.05. The Morgan fingerprint density at radius 1 is 1.19 bits per heavy atom. The summed E-state index contributed by atoms with van der Waals surface area (Å²) < 4.78 is 11.8. The van der Waals surface area contributed by atoms with Crippen LogP contribution in [0.5, 0.6) is 11.5 Å². The molecule has 0 aliphatic carbocycles. The molecule has 2 aromatic carbocycles. The van der Waals surface area contributed by atoms with Crippen LogP contribution in [0.2, 0.25) is 0 Å². The molecule has 27 heavy (non-hydrogen) atoms. The summed E-state index contributed by atoms with van der Waals surface area (Å²) >= 11 is 0. The highest BCUT2D eigenvalue weighted by Crippen LogP contribution is 2.26. The molecule has 0 spiro atoms. The fourth-order valence-electron chi connectivity index (χ4n) is 3.34. The minimum Gasteiger partial charge on any atom is -0.486 e. The van der Waals surface area contributed by atoms with Gasteiger partial charge in [0.1, 0.15) is 23.1 Å². The number of benzene rings is 2. The molecule has 0 radical (unpaired) electrons. The van der Waals surface area contributed by atoms with Gasteiger partial charge in [0.15, 0.2) is 6.61 Å². The Morgan fingerprint density at radius 2 is 2.04 bits per heavy atom. The molecule has 1 unspecified atom stereocenters. The van der Waals surface area contributed by atoms with Crippen LogP contribution in [0, 0.1) is 6.92 Å². The lowest BCUT2D eigenvalue weighted by Gasteiger charge is -2.18. The summed E-state index contributed by atoms with van der Waals surface area (Å²) in [5.74, 6) is 1.47. The van der Waals surface area contributed by atoms with Crippen molar-refractivity contribution < 1.29 is 14.3 Å². The van der Waals surface area contributed by atoms with Crippen LogP contribution in [0.25, 0.3) is 10.9 Å². The highest BCUT2D eigenvalue weighted by atomic mass is 16.5. The number of likely N-dealkylation sites (tertiary alicyclic amines) is 1. The first-order valence-corrected chi connectivity index (χ1v) is 9.17. The number of rotatable bonds is 5. The monoisotopic (exact) mass is 362 g/mol. The summed E-state index contributed by atoms with van der Waals surface area (Å²) in [6.07, 6.45) is 2.54. The van der Waals surface area contributed by atoms with Crippen molar-refractivity contribution in [3.8, 4) is 11.5 Å². The van der Waals surface area contributed by atoms with Gasteiger partial charge in [-0.2, -0.15) is 0 Å². The molecular weight excluding hydrogens is 340 g/mol. The van der Waals surface area contributed by atoms with E-state index in [4.69, 9.17) is 9.47 Å². The van der Waals surface area contributed by atoms with E-state index in [0.29, 0.717) is 13.1 Å². The van der Waals surface area contributed by atoms with E-state index in [1.165, 1.54) is 0 Å². The number of carbonyl (C=O) groups is 1. The van der Waals surface area contributed by atoms with Gasteiger partial charge in [-0.1, -0.05) is 30.3 Å². The Labute approximate surface area is 158 Å². The van der Waals surface area contributed by atoms with Gasteiger partial charge in [0.25, 0.3) is 5.91 Å². The zero-order chi connectivity index (χ0) is 18.6. The number of hydrogen-bond donors (Lipinski definition) is 0. The molecule has 5 nitrogen and oxygen atoms in total. The van der Waals surface area contributed by atoms with Crippen LogP contribution in [0.4, 0.5) is 0 Å². The lowest BCUT2D eigenvalue weighted by atomic mass is 10.2. The topological polar surface area (TPSA) is 51.7 Å². The molecule has 2 heterocycles. The highest BCUT2D eigenvalue weighted by Gasteiger charge is 2.28. The second kappa shape index (κ2) is 7.66. The smallest absolute Gasteiger partial charge is 0.260 e. The van der Waals surface area contributed by atoms with Gasteiger partial charge in [-0.15, -0.1) is 0 Å². The fourth-order valence-corrected chi connectivity index (χ4v) is 3.34. The maximum Gasteiger partial charge on any atom is 0.260 e. The van der Waals surface area contributed by atoms with Crippen LogP contribution in [0.3, 0.4) is 0 Å². The van der Waals surface area contributed by atoms with Gasteiger partial charge in [-0.25, -0.2) is 0 Å². The quantitative estimate of drug-likeness (QED) is 0.696. The number of para-hydroxylation sites is 1. The van der Waals surface area contributed by atoms with Gasteiger partial charge in [-0.3, -0.25) is 9.78 Å². The molecule has 4 rings (SSSR count). The second-order valence-corrected chi connectivity index (χ2v) is 6.80. The predicted octanol–water partition coefficient (Wildman–Crippen LogP) is 3.60. The van der Waals surface area contributed by atoms with Crippen molar-refractivity contribution in [3.05, 3.63) is 66.4 Å². The Bertz CT molecular complexity index is 952. The van der Waals surface area contributed by atoms with Crippen molar-refractivity contribution in [1.29, 1.82) is 0 Å². The molecule has 0 saturated carbocycles. The van der Waals surface area contributed by atoms with Gasteiger partial charge in [0.2, 0.25) is 0 Å². The zero-order valence-corrected chi connectivity index (χ0v) is 15.3. The van der Waals surface area contributed by atoms with Crippen LogP contribution in [-0.2, 0) is 4.79 Å². The summed E-state index contributed by atoms with van der Waals surface area (Å²) in [5.41, 5.74) is 1.96. The lowest BCUT2D eigenvalue weighted by Crippen LogP contribution is -2.34. The number of fused-ring (bicyclic) bond motifs is 1. The number of aromatic nitrogens is 1. The van der Waals surface area contributed by atoms with Crippen molar-refractivity contribution in [3.63, 3.8) is 0 Å². The predicted molar refractivity (Wildman–Crippen MR) is 104 cm³/mol. The molecule has 5 heteroatoms. The molecule has 1 aliphatic rings. The number of ether oxygens (including phenoxy) is 2. The molecule has 1 aromatic heterocycles. The third-order valence-corrected chi connectivity index (χ3v) is 4.74. The number of aryl methyl sites for hydroxylation is 1. The standard InChI is InChI=1S/C22H22N2O3/c1-16-5-2-8-18(13-16)26-15-21(25)24-12-10-19(14-24)27-20-9-3-6-17-7-4-11-23-22(17)20/h2-9,11,13,19H,10,12,14-15H2,1H3. The highest BCUT2D eigenvalue weighted by molar-refractivity contribution is 5.84. The average Bonchev–Trinajstić information content (AvgIpc) is 3.15. The average molecular weight is 362 g/mol. The Hall–Kier alpha value is -3.08. The molecular formula is C22H22N2O3. The van der Waals surface area contributed by atoms with E-state index in [2.05, 4.69) is 4.98 Å². The van der Waals surface area contributed by atoms with Crippen molar-refractivity contribution in [2.45, 2.75) is 19.4 Å². The maximum absolute atomic E-state index is 12.4. The SMILES string of the molecule is Cc1cccc(OCC(=O)N2CCC(Oc3cccc4cccnc34)C2)c1. The van der Waals surface area contributed by atoms with E-state index in [1.54, 1.807) is 11.1 Å². The zero-order valence-electron chi connectivity index (χ0n) is 15.3. The van der Waals surface area contributed by atoms with Crippen LogP contribution >= 0.6 is 0 Å². The van der Waals surface area contributed by atoms with Gasteiger partial charge >= 0.3 is 0 Å². The lowest BCUT2D eigenvalue weighted by molar-refractivity contribution is -0.132. The van der Waals surface area contributed by atoms with E-state index in [0.717, 1.165) is 34.4 Å². The molecule has 1 saturated heterocycles. The van der Waals surface area contributed by atoms with E-state index < -0.39 is 0 Å². The van der Waals surface area contributed by atoms with Gasteiger partial charge < -0.3 is 14.4 Å². The Kier molecular flexibility index (Phi) is 4.92. The van der Waals surface area contributed by atoms with Gasteiger partial charge in [0, 0.05) is 24.5 Å². The van der Waals surface area contributed by atoms with Crippen molar-refractivity contribution in [1.82, 2.24) is 9.88 Å². The van der Waals surface area contributed by atoms with Crippen LogP contribution in [0.15, 0.2) is 60.8 Å². The summed E-state index contributed by atoms with van der Waals surface area (Å²) in [4.78, 5) is 18.7. The van der Waals surface area contributed by atoms with Crippen LogP contribution in [0.1, 0.15) is 12.0 Å². The number of carbonyl (C=O) groups excluding carboxylic acids is 1. The second-order valence-electron chi connectivity index (χ2n) is 6.80. The first-order chi connectivity index (χ1) is 13.2. The molecule has 0 N–H and O–H groups in total. The van der Waals surface area contributed by atoms with Gasteiger partial charge in [-0.05, 0) is 36.8 Å². The summed E-state index contributed by atoms with van der Waals surface area (Å²) in [6.45, 7) is 3.29. The van der Waals surface area contributed by atoms with Crippen LogP contribution in [-0.4, -0.2) is 41.6 Å². The Balaban J connectivity index is 1.35. The summed E-state index contributed by atoms with van der Waals surface area (Å²) in [6, 6.07) is 17.6. The van der Waals surface area contributed by atoms with Crippen molar-refractivity contribution in [2.75, 3.05) is 19.7 Å². The molecule has 1 aliphatic heterocycles. The molecule has 138 valence electrons. The first kappa shape index (κ1) is 17.3. The Morgan fingerprint density at radius 3 is 2.93 bits per heavy atom. The van der Waals surface area contributed by atoms with E-state index in [1.807, 2.05) is 61.5 Å². The fraction of sp³-hybridized carbons (Fsp3) is 0.273. The van der Waals surface area contributed by atoms with Crippen molar-refractivity contribution >= 4 is 16.8 Å². The maximum atomic E-state index is 12.4. The number of pyridine rings is 1. The minimum absolute atomic E-state index is 0.0151. The molecule has 1 atom stereocenters. The number of nitrogens with zero attached hydrogens (tertiary/aromatic N) is 2. The molecule has 0 bridgehead atoms. The first-order valence-electron chi connectivity index (χ1n) is 9.17. The van der Waals surface area contributed by atoms with E-state index in [9.17, 15) is 4.79 Å². The molecule has 3 aromatic rings. The number of hydrogen-bond acceptors (Lipinski definition) is 4. The van der Waals surface area contributed by atoms with Gasteiger partial charge in [0.05, 0.1) is 6.54 Å².